The van der Waals surface area contributed by atoms with Crippen molar-refractivity contribution in [3.63, 3.8) is 0 Å². The molecule has 0 aliphatic carbocycles. The Morgan fingerprint density at radius 2 is 1.91 bits per heavy atom. The third kappa shape index (κ3) is 4.98. The van der Waals surface area contributed by atoms with E-state index >= 15 is 0 Å². The average molecular weight is 467 g/mol. The number of nitrogens with one attached hydrogen (secondary N) is 1. The molecule has 1 fully saturated rings. The highest BCUT2D eigenvalue weighted by molar-refractivity contribution is 5.91. The van der Waals surface area contributed by atoms with Crippen molar-refractivity contribution in [2.75, 3.05) is 37.6 Å². The van der Waals surface area contributed by atoms with Gasteiger partial charge in [-0.05, 0) is 55.3 Å². The minimum Gasteiger partial charge on any atom is -0.364 e. The molecule has 1 aliphatic rings. The highest BCUT2D eigenvalue weighted by atomic mass is 16.1. The first kappa shape index (κ1) is 22.5. The maximum Gasteiger partial charge on any atom is 0.267 e. The van der Waals surface area contributed by atoms with Crippen LogP contribution >= 0.6 is 0 Å². The van der Waals surface area contributed by atoms with E-state index in [2.05, 4.69) is 42.0 Å². The molecule has 1 aromatic carbocycles. The number of H-pyrrole nitrogens is 1. The van der Waals surface area contributed by atoms with Gasteiger partial charge >= 0.3 is 0 Å². The van der Waals surface area contributed by atoms with Gasteiger partial charge in [-0.1, -0.05) is 6.07 Å². The number of anilines is 1. The molecule has 3 aromatic heterocycles. The van der Waals surface area contributed by atoms with Crippen molar-refractivity contribution >= 4 is 22.8 Å². The summed E-state index contributed by atoms with van der Waals surface area (Å²) >= 11 is 0. The normalized spacial score (nSPS) is 14.2. The summed E-state index contributed by atoms with van der Waals surface area (Å²) in [6.07, 6.45) is 7.57. The highest BCUT2D eigenvalue weighted by Gasteiger charge is 2.19. The van der Waals surface area contributed by atoms with Gasteiger partial charge in [-0.15, -0.1) is 0 Å². The first-order valence-electron chi connectivity index (χ1n) is 11.7. The van der Waals surface area contributed by atoms with Crippen molar-refractivity contribution in [2.45, 2.75) is 12.8 Å². The molecular formula is C26H26N8O. The van der Waals surface area contributed by atoms with E-state index in [-0.39, 0.29) is 5.69 Å². The molecule has 0 radical (unpaired) electrons. The maximum absolute atomic E-state index is 11.4. The van der Waals surface area contributed by atoms with Gasteiger partial charge in [0.25, 0.3) is 5.91 Å². The number of nitriles is 1. The number of aromatic amines is 1. The second-order valence-electron chi connectivity index (χ2n) is 8.66. The van der Waals surface area contributed by atoms with Crippen LogP contribution in [0, 0.1) is 11.3 Å². The largest absolute Gasteiger partial charge is 0.364 e. The monoisotopic (exact) mass is 466 g/mol. The van der Waals surface area contributed by atoms with Gasteiger partial charge in [0.1, 0.15) is 5.69 Å². The van der Waals surface area contributed by atoms with Crippen LogP contribution in [-0.4, -0.2) is 63.5 Å². The Bertz CT molecular complexity index is 1380. The topological polar surface area (TPSA) is 128 Å². The number of benzene rings is 1. The number of carbonyl (C=O) groups excluding carboxylic acids is 1. The molecular weight excluding hydrogens is 440 g/mol. The third-order valence-corrected chi connectivity index (χ3v) is 6.41. The molecule has 1 amide bonds. The van der Waals surface area contributed by atoms with Crippen LogP contribution in [0.1, 0.15) is 28.0 Å². The molecule has 0 unspecified atom stereocenters. The van der Waals surface area contributed by atoms with Crippen LogP contribution in [0.4, 0.5) is 5.95 Å². The predicted molar refractivity (Wildman–Crippen MR) is 134 cm³/mol. The molecule has 0 spiro atoms. The molecule has 9 heteroatoms. The van der Waals surface area contributed by atoms with Crippen LogP contribution in [0.3, 0.4) is 0 Å². The number of aromatic nitrogens is 4. The summed E-state index contributed by atoms with van der Waals surface area (Å²) in [7, 11) is 0. The Morgan fingerprint density at radius 3 is 2.66 bits per heavy atom. The van der Waals surface area contributed by atoms with E-state index in [1.807, 2.05) is 24.3 Å². The Balaban J connectivity index is 1.13. The molecule has 3 N–H and O–H groups in total. The van der Waals surface area contributed by atoms with Gasteiger partial charge in [-0.3, -0.25) is 9.69 Å². The Labute approximate surface area is 203 Å². The predicted octanol–water partition coefficient (Wildman–Crippen LogP) is 2.75. The third-order valence-electron chi connectivity index (χ3n) is 6.41. The zero-order chi connectivity index (χ0) is 24.2. The Kier molecular flexibility index (Phi) is 6.37. The minimum atomic E-state index is -0.558. The molecule has 35 heavy (non-hydrogen) atoms. The standard InChI is InChI=1S/C26H26N8O/c27-14-18-6-7-23-21(13-18)19(15-29-23)3-2-8-33-9-11-34(12-10-33)26-30-16-20(17-31-26)22-4-1-5-24(32-22)25(28)35/h1,4-7,13,15-17,29H,2-3,8-12H2,(H2,28,35). The number of primary amides is 1. The zero-order valence-electron chi connectivity index (χ0n) is 19.3. The fourth-order valence-electron chi connectivity index (χ4n) is 4.47. The number of amides is 1. The van der Waals surface area contributed by atoms with Crippen LogP contribution in [-0.2, 0) is 6.42 Å². The molecule has 5 rings (SSSR count). The number of carbonyl (C=O) groups is 1. The SMILES string of the molecule is N#Cc1ccc2[nH]cc(CCCN3CCN(c4ncc(-c5cccc(C(N)=O)n5)cn4)CC3)c2c1. The van der Waals surface area contributed by atoms with Crippen molar-refractivity contribution < 1.29 is 4.79 Å². The summed E-state index contributed by atoms with van der Waals surface area (Å²) < 4.78 is 0. The molecule has 4 aromatic rings. The van der Waals surface area contributed by atoms with Crippen LogP contribution in [0.5, 0.6) is 0 Å². The lowest BCUT2D eigenvalue weighted by molar-refractivity contribution is 0.0995. The summed E-state index contributed by atoms with van der Waals surface area (Å²) in [5, 5.41) is 10.3. The first-order chi connectivity index (χ1) is 17.1. The quantitative estimate of drug-likeness (QED) is 0.429. The average Bonchev–Trinajstić information content (AvgIpc) is 3.31. The first-order valence-corrected chi connectivity index (χ1v) is 11.7. The van der Waals surface area contributed by atoms with Gasteiger partial charge < -0.3 is 15.6 Å². The van der Waals surface area contributed by atoms with E-state index in [9.17, 15) is 10.1 Å². The summed E-state index contributed by atoms with van der Waals surface area (Å²) in [5.41, 5.74) is 9.95. The van der Waals surface area contributed by atoms with Gasteiger partial charge in [0.15, 0.2) is 0 Å². The van der Waals surface area contributed by atoms with Gasteiger partial charge in [-0.2, -0.15) is 5.26 Å². The lowest BCUT2D eigenvalue weighted by Gasteiger charge is -2.34. The van der Waals surface area contributed by atoms with Gasteiger partial charge in [0.05, 0.1) is 17.3 Å². The van der Waals surface area contributed by atoms with E-state index in [0.29, 0.717) is 17.2 Å². The number of aryl methyl sites for hydroxylation is 1. The molecule has 9 nitrogen and oxygen atoms in total. The lowest BCUT2D eigenvalue weighted by atomic mass is 10.1. The number of pyridine rings is 1. The van der Waals surface area contributed by atoms with Crippen molar-refractivity contribution in [3.05, 3.63) is 71.8 Å². The second-order valence-corrected chi connectivity index (χ2v) is 8.66. The second kappa shape index (κ2) is 9.91. The summed E-state index contributed by atoms with van der Waals surface area (Å²) in [6, 6.07) is 13.2. The molecule has 1 saturated heterocycles. The summed E-state index contributed by atoms with van der Waals surface area (Å²) in [6.45, 7) is 4.68. The molecule has 4 heterocycles. The Morgan fingerprint density at radius 1 is 1.11 bits per heavy atom. The van der Waals surface area contributed by atoms with E-state index in [4.69, 9.17) is 5.73 Å². The van der Waals surface area contributed by atoms with E-state index in [0.717, 1.165) is 62.0 Å². The minimum absolute atomic E-state index is 0.222. The number of piperazine rings is 1. The zero-order valence-corrected chi connectivity index (χ0v) is 19.3. The molecule has 0 bridgehead atoms. The number of nitrogens with two attached hydrogens (primary N) is 1. The van der Waals surface area contributed by atoms with Crippen LogP contribution in [0.15, 0.2) is 55.0 Å². The van der Waals surface area contributed by atoms with Crippen molar-refractivity contribution in [3.8, 4) is 17.3 Å². The Hall–Kier alpha value is -4.29. The number of hydrogen-bond donors (Lipinski definition) is 2. The number of rotatable bonds is 7. The van der Waals surface area contributed by atoms with Crippen LogP contribution in [0.25, 0.3) is 22.2 Å². The highest BCUT2D eigenvalue weighted by Crippen LogP contribution is 2.22. The molecule has 0 saturated carbocycles. The van der Waals surface area contributed by atoms with Gasteiger partial charge in [0.2, 0.25) is 5.95 Å². The van der Waals surface area contributed by atoms with E-state index in [1.54, 1.807) is 24.5 Å². The molecule has 1 aliphatic heterocycles. The number of hydrogen-bond acceptors (Lipinski definition) is 7. The molecule has 0 atom stereocenters. The fourth-order valence-corrected chi connectivity index (χ4v) is 4.47. The fraction of sp³-hybridized carbons (Fsp3) is 0.269. The maximum atomic E-state index is 11.4. The smallest absolute Gasteiger partial charge is 0.267 e. The van der Waals surface area contributed by atoms with Gasteiger partial charge in [0, 0.05) is 61.2 Å². The van der Waals surface area contributed by atoms with Gasteiger partial charge in [-0.25, -0.2) is 15.0 Å². The van der Waals surface area contributed by atoms with Crippen LogP contribution < -0.4 is 10.6 Å². The summed E-state index contributed by atoms with van der Waals surface area (Å²) in [5.74, 6) is 0.142. The van der Waals surface area contributed by atoms with E-state index in [1.165, 1.54) is 5.56 Å². The van der Waals surface area contributed by atoms with Crippen molar-refractivity contribution in [1.82, 2.24) is 24.8 Å². The summed E-state index contributed by atoms with van der Waals surface area (Å²) in [4.78, 5) is 32.7. The molecule has 176 valence electrons. The lowest BCUT2D eigenvalue weighted by Crippen LogP contribution is -2.47. The van der Waals surface area contributed by atoms with Crippen molar-refractivity contribution in [1.29, 1.82) is 5.26 Å². The van der Waals surface area contributed by atoms with E-state index < -0.39 is 5.91 Å². The van der Waals surface area contributed by atoms with Crippen LogP contribution in [0.2, 0.25) is 0 Å². The number of nitrogens with zero attached hydrogens (tertiary/aromatic N) is 6. The van der Waals surface area contributed by atoms with Crippen molar-refractivity contribution in [2.24, 2.45) is 5.73 Å². The number of fused-ring (bicyclic) bond motifs is 1.